The average molecular weight is 295 g/mol. The fourth-order valence-electron chi connectivity index (χ4n) is 3.06. The molecule has 1 saturated heterocycles. The second kappa shape index (κ2) is 6.65. The van der Waals surface area contributed by atoms with E-state index in [9.17, 15) is 4.79 Å². The molecule has 3 nitrogen and oxygen atoms in total. The van der Waals surface area contributed by atoms with Crippen LogP contribution in [-0.2, 0) is 11.2 Å². The summed E-state index contributed by atoms with van der Waals surface area (Å²) < 4.78 is 5.88. The molecular formula is C19H21NO2. The van der Waals surface area contributed by atoms with Gasteiger partial charge in [0, 0.05) is 25.4 Å². The first-order valence-electron chi connectivity index (χ1n) is 7.71. The SMILES string of the molecule is CN1C[C@@H](COc2ccccc2)[C@H](Cc2ccccc2)C1=O. The zero-order valence-corrected chi connectivity index (χ0v) is 12.8. The van der Waals surface area contributed by atoms with E-state index in [0.29, 0.717) is 6.61 Å². The number of nitrogens with zero attached hydrogens (tertiary/aromatic N) is 1. The summed E-state index contributed by atoms with van der Waals surface area (Å²) in [6.45, 7) is 1.35. The number of likely N-dealkylation sites (tertiary alicyclic amines) is 1. The van der Waals surface area contributed by atoms with Gasteiger partial charge in [-0.2, -0.15) is 0 Å². The summed E-state index contributed by atoms with van der Waals surface area (Å²) in [4.78, 5) is 14.2. The summed E-state index contributed by atoms with van der Waals surface area (Å²) in [7, 11) is 1.88. The zero-order chi connectivity index (χ0) is 15.4. The van der Waals surface area contributed by atoms with Crippen LogP contribution in [0.15, 0.2) is 60.7 Å². The van der Waals surface area contributed by atoms with Crippen LogP contribution in [0.3, 0.4) is 0 Å². The van der Waals surface area contributed by atoms with Gasteiger partial charge in [0.05, 0.1) is 6.61 Å². The highest BCUT2D eigenvalue weighted by atomic mass is 16.5. The first-order chi connectivity index (χ1) is 10.7. The monoisotopic (exact) mass is 295 g/mol. The molecule has 1 amide bonds. The van der Waals surface area contributed by atoms with Crippen LogP contribution < -0.4 is 4.74 Å². The third-order valence-electron chi connectivity index (χ3n) is 4.28. The lowest BCUT2D eigenvalue weighted by Gasteiger charge is -2.17. The lowest BCUT2D eigenvalue weighted by atomic mass is 9.90. The third kappa shape index (κ3) is 3.30. The summed E-state index contributed by atoms with van der Waals surface area (Å²) in [6, 6.07) is 20.0. The Morgan fingerprint density at radius 1 is 1.05 bits per heavy atom. The predicted molar refractivity (Wildman–Crippen MR) is 86.7 cm³/mol. The smallest absolute Gasteiger partial charge is 0.226 e. The van der Waals surface area contributed by atoms with Gasteiger partial charge in [-0.25, -0.2) is 0 Å². The topological polar surface area (TPSA) is 29.5 Å². The fraction of sp³-hybridized carbons (Fsp3) is 0.316. The normalized spacial score (nSPS) is 21.1. The molecule has 1 fully saturated rings. The van der Waals surface area contributed by atoms with E-state index < -0.39 is 0 Å². The first kappa shape index (κ1) is 14.6. The van der Waals surface area contributed by atoms with Crippen LogP contribution in [0.1, 0.15) is 5.56 Å². The van der Waals surface area contributed by atoms with Crippen LogP contribution in [0.25, 0.3) is 0 Å². The molecule has 0 aliphatic carbocycles. The molecule has 0 N–H and O–H groups in total. The molecule has 0 radical (unpaired) electrons. The molecule has 1 heterocycles. The lowest BCUT2D eigenvalue weighted by molar-refractivity contribution is -0.130. The lowest BCUT2D eigenvalue weighted by Crippen LogP contribution is -2.25. The maximum Gasteiger partial charge on any atom is 0.226 e. The Balaban J connectivity index is 1.67. The molecule has 2 aromatic carbocycles. The van der Waals surface area contributed by atoms with Crippen LogP contribution in [0.2, 0.25) is 0 Å². The molecule has 0 aromatic heterocycles. The minimum Gasteiger partial charge on any atom is -0.493 e. The second-order valence-corrected chi connectivity index (χ2v) is 5.90. The van der Waals surface area contributed by atoms with E-state index in [1.165, 1.54) is 5.56 Å². The van der Waals surface area contributed by atoms with E-state index in [1.54, 1.807) is 0 Å². The molecule has 22 heavy (non-hydrogen) atoms. The van der Waals surface area contributed by atoms with Crippen LogP contribution in [0, 0.1) is 11.8 Å². The van der Waals surface area contributed by atoms with Gasteiger partial charge < -0.3 is 9.64 Å². The maximum atomic E-state index is 12.4. The Bertz CT molecular complexity index is 612. The number of hydrogen-bond acceptors (Lipinski definition) is 2. The zero-order valence-electron chi connectivity index (χ0n) is 12.8. The molecule has 0 unspecified atom stereocenters. The highest BCUT2D eigenvalue weighted by Gasteiger charge is 2.38. The van der Waals surface area contributed by atoms with Gasteiger partial charge in [0.15, 0.2) is 0 Å². The van der Waals surface area contributed by atoms with E-state index in [1.807, 2.05) is 60.5 Å². The summed E-state index contributed by atoms with van der Waals surface area (Å²) in [5.74, 6) is 1.34. The highest BCUT2D eigenvalue weighted by Crippen LogP contribution is 2.28. The van der Waals surface area contributed by atoms with Crippen molar-refractivity contribution in [3.63, 3.8) is 0 Å². The number of benzene rings is 2. The van der Waals surface area contributed by atoms with Crippen molar-refractivity contribution in [1.82, 2.24) is 4.90 Å². The van der Waals surface area contributed by atoms with Crippen molar-refractivity contribution in [3.8, 4) is 5.75 Å². The van der Waals surface area contributed by atoms with Crippen LogP contribution >= 0.6 is 0 Å². The van der Waals surface area contributed by atoms with E-state index in [4.69, 9.17) is 4.74 Å². The van der Waals surface area contributed by atoms with Crippen molar-refractivity contribution >= 4 is 5.91 Å². The summed E-state index contributed by atoms with van der Waals surface area (Å²) >= 11 is 0. The van der Waals surface area contributed by atoms with Crippen molar-refractivity contribution in [3.05, 3.63) is 66.2 Å². The van der Waals surface area contributed by atoms with Gasteiger partial charge in [-0.15, -0.1) is 0 Å². The van der Waals surface area contributed by atoms with Crippen molar-refractivity contribution in [2.75, 3.05) is 20.2 Å². The second-order valence-electron chi connectivity index (χ2n) is 5.90. The van der Waals surface area contributed by atoms with Gasteiger partial charge in [-0.05, 0) is 24.1 Å². The number of para-hydroxylation sites is 1. The molecule has 2 aromatic rings. The number of amides is 1. The summed E-state index contributed by atoms with van der Waals surface area (Å²) in [5.41, 5.74) is 1.21. The van der Waals surface area contributed by atoms with Gasteiger partial charge in [0.2, 0.25) is 5.91 Å². The Morgan fingerprint density at radius 2 is 1.68 bits per heavy atom. The molecule has 0 bridgehead atoms. The number of carbonyl (C=O) groups is 1. The Morgan fingerprint density at radius 3 is 2.36 bits per heavy atom. The Labute approximate surface area is 131 Å². The van der Waals surface area contributed by atoms with Crippen LogP contribution in [0.4, 0.5) is 0 Å². The Hall–Kier alpha value is -2.29. The molecule has 1 aliphatic heterocycles. The summed E-state index contributed by atoms with van der Waals surface area (Å²) in [5, 5.41) is 0. The Kier molecular flexibility index (Phi) is 4.42. The van der Waals surface area contributed by atoms with E-state index >= 15 is 0 Å². The molecule has 2 atom stereocenters. The molecule has 3 heteroatoms. The van der Waals surface area contributed by atoms with Crippen molar-refractivity contribution in [2.45, 2.75) is 6.42 Å². The van der Waals surface area contributed by atoms with Gasteiger partial charge >= 0.3 is 0 Å². The quantitative estimate of drug-likeness (QED) is 0.848. The predicted octanol–water partition coefficient (Wildman–Crippen LogP) is 3.01. The molecule has 3 rings (SSSR count). The van der Waals surface area contributed by atoms with Crippen molar-refractivity contribution in [2.24, 2.45) is 11.8 Å². The number of rotatable bonds is 5. The molecular weight excluding hydrogens is 274 g/mol. The van der Waals surface area contributed by atoms with Gasteiger partial charge in [-0.3, -0.25) is 4.79 Å². The third-order valence-corrected chi connectivity index (χ3v) is 4.28. The number of carbonyl (C=O) groups excluding carboxylic acids is 1. The van der Waals surface area contributed by atoms with Crippen LogP contribution in [-0.4, -0.2) is 31.0 Å². The van der Waals surface area contributed by atoms with Gasteiger partial charge in [0.25, 0.3) is 0 Å². The number of hydrogen-bond donors (Lipinski definition) is 0. The molecule has 1 aliphatic rings. The van der Waals surface area contributed by atoms with Crippen molar-refractivity contribution < 1.29 is 9.53 Å². The van der Waals surface area contributed by atoms with Gasteiger partial charge in [-0.1, -0.05) is 48.5 Å². The number of ether oxygens (including phenoxy) is 1. The van der Waals surface area contributed by atoms with E-state index in [-0.39, 0.29) is 17.7 Å². The maximum absolute atomic E-state index is 12.4. The summed E-state index contributed by atoms with van der Waals surface area (Å²) in [6.07, 6.45) is 0.785. The average Bonchev–Trinajstić information content (AvgIpc) is 2.83. The highest BCUT2D eigenvalue weighted by molar-refractivity contribution is 5.81. The fourth-order valence-corrected chi connectivity index (χ4v) is 3.06. The standard InChI is InChI=1S/C19H21NO2/c1-20-13-16(14-22-17-10-6-3-7-11-17)18(19(20)21)12-15-8-4-2-5-9-15/h2-11,16,18H,12-14H2,1H3/t16-,18-/m0/s1. The molecule has 114 valence electrons. The minimum absolute atomic E-state index is 0.0103. The van der Waals surface area contributed by atoms with Crippen LogP contribution in [0.5, 0.6) is 5.75 Å². The van der Waals surface area contributed by atoms with Gasteiger partial charge in [0.1, 0.15) is 5.75 Å². The molecule has 0 saturated carbocycles. The van der Waals surface area contributed by atoms with E-state index in [0.717, 1.165) is 18.7 Å². The van der Waals surface area contributed by atoms with Crippen molar-refractivity contribution in [1.29, 1.82) is 0 Å². The first-order valence-corrected chi connectivity index (χ1v) is 7.71. The van der Waals surface area contributed by atoms with E-state index in [2.05, 4.69) is 12.1 Å². The molecule has 0 spiro atoms. The largest absolute Gasteiger partial charge is 0.493 e. The minimum atomic E-state index is 0.0103.